The molecular weight excluding hydrogens is 362 g/mol. The zero-order valence-corrected chi connectivity index (χ0v) is 16.6. The summed E-state index contributed by atoms with van der Waals surface area (Å²) < 4.78 is 28.6. The third-order valence-electron chi connectivity index (χ3n) is 4.84. The third-order valence-corrected chi connectivity index (χ3v) is 4.84. The van der Waals surface area contributed by atoms with Crippen LogP contribution in [-0.4, -0.2) is 49.6 Å². The van der Waals surface area contributed by atoms with Crippen molar-refractivity contribution in [1.82, 2.24) is 5.32 Å². The molecular formula is C21H29NO6. The van der Waals surface area contributed by atoms with E-state index in [0.717, 1.165) is 5.56 Å². The second kappa shape index (κ2) is 9.05. The predicted molar refractivity (Wildman–Crippen MR) is 102 cm³/mol. The van der Waals surface area contributed by atoms with Crippen molar-refractivity contribution >= 4 is 6.09 Å². The summed E-state index contributed by atoms with van der Waals surface area (Å²) in [5.74, 6) is -0.690. The van der Waals surface area contributed by atoms with Crippen LogP contribution in [0.15, 0.2) is 43.0 Å². The summed E-state index contributed by atoms with van der Waals surface area (Å²) in [5, 5.41) is 2.90. The van der Waals surface area contributed by atoms with Crippen LogP contribution in [0.4, 0.5) is 4.79 Å². The molecule has 28 heavy (non-hydrogen) atoms. The molecule has 2 aliphatic heterocycles. The molecule has 7 nitrogen and oxygen atoms in total. The molecule has 3 rings (SSSR count). The molecule has 1 aromatic rings. The molecule has 0 saturated carbocycles. The number of amides is 1. The highest BCUT2D eigenvalue weighted by Crippen LogP contribution is 2.40. The minimum Gasteiger partial charge on any atom is -0.445 e. The molecule has 7 heteroatoms. The van der Waals surface area contributed by atoms with Gasteiger partial charge in [-0.05, 0) is 32.3 Å². The Balaban J connectivity index is 1.56. The zero-order valence-electron chi connectivity index (χ0n) is 16.6. The molecule has 1 aromatic carbocycles. The van der Waals surface area contributed by atoms with Crippen molar-refractivity contribution in [3.63, 3.8) is 0 Å². The van der Waals surface area contributed by atoms with Gasteiger partial charge in [-0.1, -0.05) is 36.4 Å². The molecule has 0 aromatic heterocycles. The van der Waals surface area contributed by atoms with Crippen LogP contribution in [0.3, 0.4) is 0 Å². The fourth-order valence-electron chi connectivity index (χ4n) is 3.65. The van der Waals surface area contributed by atoms with E-state index in [0.29, 0.717) is 12.8 Å². The first-order valence-electron chi connectivity index (χ1n) is 9.54. The maximum atomic E-state index is 12.2. The Bertz CT molecular complexity index is 664. The second-order valence-electron chi connectivity index (χ2n) is 7.51. The summed E-state index contributed by atoms with van der Waals surface area (Å²) in [6, 6.07) is 9.34. The molecule has 0 spiro atoms. The largest absolute Gasteiger partial charge is 0.445 e. The minimum absolute atomic E-state index is 0.200. The predicted octanol–water partition coefficient (Wildman–Crippen LogP) is 3.14. The average molecular weight is 391 g/mol. The topological polar surface area (TPSA) is 75.3 Å². The Morgan fingerprint density at radius 2 is 2.00 bits per heavy atom. The molecule has 0 bridgehead atoms. The average Bonchev–Trinajstić information content (AvgIpc) is 3.14. The van der Waals surface area contributed by atoms with Gasteiger partial charge in [-0.2, -0.15) is 0 Å². The van der Waals surface area contributed by atoms with Gasteiger partial charge >= 0.3 is 6.09 Å². The van der Waals surface area contributed by atoms with Crippen LogP contribution in [-0.2, 0) is 30.3 Å². The van der Waals surface area contributed by atoms with Gasteiger partial charge in [0, 0.05) is 13.2 Å². The van der Waals surface area contributed by atoms with Crippen molar-refractivity contribution in [3.05, 3.63) is 48.6 Å². The third kappa shape index (κ3) is 5.11. The number of rotatable bonds is 8. The van der Waals surface area contributed by atoms with Crippen molar-refractivity contribution in [3.8, 4) is 0 Å². The Kier molecular flexibility index (Phi) is 6.72. The normalized spacial score (nSPS) is 29.1. The van der Waals surface area contributed by atoms with E-state index < -0.39 is 18.2 Å². The maximum Gasteiger partial charge on any atom is 0.407 e. The summed E-state index contributed by atoms with van der Waals surface area (Å²) >= 11 is 0. The number of ether oxygens (including phenoxy) is 5. The molecule has 2 saturated heterocycles. The van der Waals surface area contributed by atoms with Gasteiger partial charge in [0.25, 0.3) is 0 Å². The van der Waals surface area contributed by atoms with Crippen LogP contribution in [0.5, 0.6) is 0 Å². The van der Waals surface area contributed by atoms with E-state index in [4.69, 9.17) is 23.7 Å². The molecule has 1 N–H and O–H groups in total. The minimum atomic E-state index is -0.690. The number of hydrogen-bond acceptors (Lipinski definition) is 6. The van der Waals surface area contributed by atoms with Crippen LogP contribution in [0, 0.1) is 0 Å². The standard InChI is InChI=1S/C21H29NO6/c1-5-9-15(22-20(23)25-13-14-10-7-6-8-11-14)12-16-17-18(19(24-4)26-16)28-21(2,3)27-17/h5-8,10-11,15-19H,1,9,12-13H2,2-4H3,(H,22,23)/t15-,16+,17?,18?,19+/m0/s1. The van der Waals surface area contributed by atoms with Crippen LogP contribution in [0.1, 0.15) is 32.3 Å². The van der Waals surface area contributed by atoms with Crippen molar-refractivity contribution in [2.24, 2.45) is 0 Å². The summed E-state index contributed by atoms with van der Waals surface area (Å²) in [5.41, 5.74) is 0.932. The number of fused-ring (bicyclic) bond motifs is 1. The van der Waals surface area contributed by atoms with Gasteiger partial charge in [0.05, 0.1) is 6.10 Å². The van der Waals surface area contributed by atoms with E-state index in [1.54, 1.807) is 13.2 Å². The smallest absolute Gasteiger partial charge is 0.407 e. The monoisotopic (exact) mass is 391 g/mol. The number of carbonyl (C=O) groups excluding carboxylic acids is 1. The van der Waals surface area contributed by atoms with Crippen LogP contribution >= 0.6 is 0 Å². The first-order chi connectivity index (χ1) is 13.4. The first-order valence-corrected chi connectivity index (χ1v) is 9.54. The van der Waals surface area contributed by atoms with Gasteiger partial charge < -0.3 is 29.0 Å². The Labute approximate surface area is 165 Å². The number of carbonyl (C=O) groups is 1. The molecule has 2 fully saturated rings. The van der Waals surface area contributed by atoms with Crippen LogP contribution in [0.2, 0.25) is 0 Å². The summed E-state index contributed by atoms with van der Waals surface area (Å²) in [6.45, 7) is 7.74. The molecule has 0 radical (unpaired) electrons. The van der Waals surface area contributed by atoms with E-state index in [1.807, 2.05) is 44.2 Å². The quantitative estimate of drug-likeness (QED) is 0.686. The lowest BCUT2D eigenvalue weighted by atomic mass is 10.0. The summed E-state index contributed by atoms with van der Waals surface area (Å²) in [7, 11) is 1.58. The molecule has 2 heterocycles. The van der Waals surface area contributed by atoms with E-state index in [-0.39, 0.29) is 31.0 Å². The summed E-state index contributed by atoms with van der Waals surface area (Å²) in [6.07, 6.45) is 1.10. The van der Waals surface area contributed by atoms with Gasteiger partial charge in [0.2, 0.25) is 0 Å². The van der Waals surface area contributed by atoms with Crippen molar-refractivity contribution in [2.45, 2.75) is 69.7 Å². The first kappa shape index (κ1) is 20.8. The Morgan fingerprint density at radius 1 is 1.29 bits per heavy atom. The van der Waals surface area contributed by atoms with Crippen molar-refractivity contribution in [2.75, 3.05) is 7.11 Å². The number of benzene rings is 1. The van der Waals surface area contributed by atoms with Crippen LogP contribution in [0.25, 0.3) is 0 Å². The number of alkyl carbamates (subject to hydrolysis) is 1. The molecule has 0 aliphatic carbocycles. The second-order valence-corrected chi connectivity index (χ2v) is 7.51. The summed E-state index contributed by atoms with van der Waals surface area (Å²) in [4.78, 5) is 12.2. The molecule has 1 amide bonds. The lowest BCUT2D eigenvalue weighted by Gasteiger charge is -2.26. The highest BCUT2D eigenvalue weighted by atomic mass is 16.8. The number of methoxy groups -OCH3 is 1. The van der Waals surface area contributed by atoms with E-state index in [1.165, 1.54) is 0 Å². The highest BCUT2D eigenvalue weighted by molar-refractivity contribution is 5.67. The highest BCUT2D eigenvalue weighted by Gasteiger charge is 2.55. The fourth-order valence-corrected chi connectivity index (χ4v) is 3.65. The van der Waals surface area contributed by atoms with Crippen LogP contribution < -0.4 is 5.32 Å². The number of hydrogen-bond donors (Lipinski definition) is 1. The van der Waals surface area contributed by atoms with E-state index in [2.05, 4.69) is 11.9 Å². The fraction of sp³-hybridized carbons (Fsp3) is 0.571. The molecule has 2 unspecified atom stereocenters. The number of nitrogens with one attached hydrogen (secondary N) is 1. The Morgan fingerprint density at radius 3 is 2.68 bits per heavy atom. The van der Waals surface area contributed by atoms with Gasteiger partial charge in [0.1, 0.15) is 18.8 Å². The van der Waals surface area contributed by atoms with Gasteiger partial charge in [-0.25, -0.2) is 4.79 Å². The molecule has 5 atom stereocenters. The van der Waals surface area contributed by atoms with Gasteiger partial charge in [-0.15, -0.1) is 6.58 Å². The van der Waals surface area contributed by atoms with E-state index >= 15 is 0 Å². The zero-order chi connectivity index (χ0) is 20.1. The Hall–Kier alpha value is -1.93. The maximum absolute atomic E-state index is 12.2. The lowest BCUT2D eigenvalue weighted by molar-refractivity contribution is -0.228. The lowest BCUT2D eigenvalue weighted by Crippen LogP contribution is -2.40. The molecule has 154 valence electrons. The molecule has 2 aliphatic rings. The SMILES string of the molecule is C=CC[C@@H](C[C@H]1O[C@@H](OC)C2OC(C)(C)OC21)NC(=O)OCc1ccccc1. The van der Waals surface area contributed by atoms with Gasteiger partial charge in [-0.3, -0.25) is 0 Å². The van der Waals surface area contributed by atoms with Crippen molar-refractivity contribution in [1.29, 1.82) is 0 Å². The van der Waals surface area contributed by atoms with E-state index in [9.17, 15) is 4.79 Å². The van der Waals surface area contributed by atoms with Gasteiger partial charge in [0.15, 0.2) is 12.1 Å². The van der Waals surface area contributed by atoms with Crippen molar-refractivity contribution < 1.29 is 28.5 Å².